The van der Waals surface area contributed by atoms with E-state index in [-0.39, 0.29) is 11.6 Å². The minimum absolute atomic E-state index is 0.0501. The van der Waals surface area contributed by atoms with Crippen LogP contribution >= 0.6 is 0 Å². The van der Waals surface area contributed by atoms with E-state index in [0.29, 0.717) is 6.54 Å². The first-order valence-electron chi connectivity index (χ1n) is 7.90. The molecule has 0 aliphatic carbocycles. The van der Waals surface area contributed by atoms with Gasteiger partial charge >= 0.3 is 0 Å². The third-order valence-electron chi connectivity index (χ3n) is 4.94. The fourth-order valence-corrected chi connectivity index (χ4v) is 3.59. The molecular formula is C17H26N2O2. The number of ether oxygens (including phenoxy) is 2. The van der Waals surface area contributed by atoms with Crippen LogP contribution in [0, 0.1) is 0 Å². The third-order valence-corrected chi connectivity index (χ3v) is 4.94. The molecule has 1 aromatic rings. The fourth-order valence-electron chi connectivity index (χ4n) is 3.59. The van der Waals surface area contributed by atoms with Crippen LogP contribution in [-0.2, 0) is 11.2 Å². The fraction of sp³-hybridized carbons (Fsp3) is 0.647. The van der Waals surface area contributed by atoms with Crippen LogP contribution < -0.4 is 10.5 Å². The maximum atomic E-state index is 6.10. The van der Waals surface area contributed by atoms with Gasteiger partial charge in [-0.05, 0) is 43.5 Å². The lowest BCUT2D eigenvalue weighted by molar-refractivity contribution is -0.0608. The number of rotatable bonds is 4. The van der Waals surface area contributed by atoms with Gasteiger partial charge in [0.05, 0.1) is 12.2 Å². The first kappa shape index (κ1) is 14.8. The van der Waals surface area contributed by atoms with E-state index in [2.05, 4.69) is 30.0 Å². The van der Waals surface area contributed by atoms with E-state index in [4.69, 9.17) is 15.2 Å². The summed E-state index contributed by atoms with van der Waals surface area (Å²) in [5, 5.41) is 0. The Morgan fingerprint density at radius 2 is 2.33 bits per heavy atom. The Hall–Kier alpha value is -1.10. The van der Waals surface area contributed by atoms with Gasteiger partial charge in [-0.2, -0.15) is 0 Å². The molecule has 4 nitrogen and oxygen atoms in total. The molecule has 0 spiro atoms. The van der Waals surface area contributed by atoms with Crippen molar-refractivity contribution in [3.05, 3.63) is 29.3 Å². The van der Waals surface area contributed by atoms with Crippen LogP contribution in [0.5, 0.6) is 5.75 Å². The quantitative estimate of drug-likeness (QED) is 0.923. The van der Waals surface area contributed by atoms with Crippen molar-refractivity contribution in [2.45, 2.75) is 37.8 Å². The Kier molecular flexibility index (Phi) is 4.20. The second kappa shape index (κ2) is 5.95. The third kappa shape index (κ3) is 2.93. The van der Waals surface area contributed by atoms with Crippen molar-refractivity contribution in [1.29, 1.82) is 0 Å². The summed E-state index contributed by atoms with van der Waals surface area (Å²) in [6.07, 6.45) is 3.29. The molecule has 3 rings (SSSR count). The van der Waals surface area contributed by atoms with Gasteiger partial charge in [0.15, 0.2) is 0 Å². The van der Waals surface area contributed by atoms with Gasteiger partial charge in [0.2, 0.25) is 0 Å². The smallest absolute Gasteiger partial charge is 0.122 e. The number of piperidine rings is 1. The molecule has 116 valence electrons. The molecule has 0 bridgehead atoms. The van der Waals surface area contributed by atoms with E-state index in [1.807, 2.05) is 7.11 Å². The highest BCUT2D eigenvalue weighted by Crippen LogP contribution is 2.33. The van der Waals surface area contributed by atoms with Crippen LogP contribution in [0.3, 0.4) is 0 Å². The molecule has 2 aliphatic heterocycles. The van der Waals surface area contributed by atoms with Gasteiger partial charge in [0.25, 0.3) is 0 Å². The van der Waals surface area contributed by atoms with Crippen LogP contribution in [0.15, 0.2) is 18.2 Å². The summed E-state index contributed by atoms with van der Waals surface area (Å²) >= 11 is 0. The summed E-state index contributed by atoms with van der Waals surface area (Å²) in [4.78, 5) is 2.48. The largest absolute Gasteiger partial charge is 0.493 e. The molecule has 2 atom stereocenters. The van der Waals surface area contributed by atoms with Gasteiger partial charge in [0.1, 0.15) is 5.75 Å². The van der Waals surface area contributed by atoms with Gasteiger partial charge in [-0.25, -0.2) is 0 Å². The van der Waals surface area contributed by atoms with Crippen molar-refractivity contribution in [3.8, 4) is 5.75 Å². The molecule has 0 saturated carbocycles. The van der Waals surface area contributed by atoms with Crippen molar-refractivity contribution in [1.82, 2.24) is 4.90 Å². The monoisotopic (exact) mass is 290 g/mol. The van der Waals surface area contributed by atoms with Gasteiger partial charge in [-0.3, -0.25) is 4.90 Å². The normalized spacial score (nSPS) is 27.2. The van der Waals surface area contributed by atoms with E-state index in [9.17, 15) is 0 Å². The van der Waals surface area contributed by atoms with Gasteiger partial charge in [0, 0.05) is 32.7 Å². The average Bonchev–Trinajstić information content (AvgIpc) is 2.96. The number of nitrogens with two attached hydrogens (primary N) is 1. The summed E-state index contributed by atoms with van der Waals surface area (Å²) in [5.74, 6) is 1.04. The van der Waals surface area contributed by atoms with E-state index in [1.165, 1.54) is 11.1 Å². The zero-order valence-electron chi connectivity index (χ0n) is 13.1. The molecule has 4 heteroatoms. The van der Waals surface area contributed by atoms with Crippen LogP contribution in [0.2, 0.25) is 0 Å². The molecule has 2 N–H and O–H groups in total. The Morgan fingerprint density at radius 1 is 1.48 bits per heavy atom. The maximum absolute atomic E-state index is 6.10. The van der Waals surface area contributed by atoms with Crippen molar-refractivity contribution in [2.24, 2.45) is 5.73 Å². The number of methoxy groups -OCH3 is 1. The molecule has 2 aliphatic rings. The van der Waals surface area contributed by atoms with E-state index < -0.39 is 0 Å². The number of fused-ring (bicyclic) bond motifs is 1. The maximum Gasteiger partial charge on any atom is 0.122 e. The first-order chi connectivity index (χ1) is 10.1. The van der Waals surface area contributed by atoms with Gasteiger partial charge in [-0.1, -0.05) is 12.1 Å². The molecule has 1 saturated heterocycles. The van der Waals surface area contributed by atoms with Gasteiger partial charge in [-0.15, -0.1) is 0 Å². The number of hydrogen-bond acceptors (Lipinski definition) is 4. The lowest BCUT2D eigenvalue weighted by Crippen LogP contribution is -2.49. The molecule has 2 heterocycles. The number of hydrogen-bond donors (Lipinski definition) is 1. The predicted octanol–water partition coefficient (Wildman–Crippen LogP) is 2.12. The lowest BCUT2D eigenvalue weighted by Gasteiger charge is -2.43. The first-order valence-corrected chi connectivity index (χ1v) is 7.90. The van der Waals surface area contributed by atoms with Crippen molar-refractivity contribution < 1.29 is 9.47 Å². The lowest BCUT2D eigenvalue weighted by atomic mass is 9.91. The summed E-state index contributed by atoms with van der Waals surface area (Å²) in [7, 11) is 1.81. The standard InChI is InChI=1S/C17H26N2O2/c1-17(20-2)7-3-8-19(12-17)15(11-18)13-4-5-16-14(10-13)6-9-21-16/h4-5,10,15H,3,6-9,11-12,18H2,1-2H3. The molecule has 0 radical (unpaired) electrons. The van der Waals surface area contributed by atoms with Crippen molar-refractivity contribution >= 4 is 0 Å². The molecular weight excluding hydrogens is 264 g/mol. The molecule has 2 unspecified atom stereocenters. The van der Waals surface area contributed by atoms with Crippen LogP contribution in [0.4, 0.5) is 0 Å². The van der Waals surface area contributed by atoms with Crippen molar-refractivity contribution in [2.75, 3.05) is 33.4 Å². The zero-order valence-corrected chi connectivity index (χ0v) is 13.1. The van der Waals surface area contributed by atoms with E-state index in [1.54, 1.807) is 0 Å². The molecule has 1 aromatic carbocycles. The van der Waals surface area contributed by atoms with Crippen LogP contribution in [-0.4, -0.2) is 43.9 Å². The second-order valence-electron chi connectivity index (χ2n) is 6.45. The molecule has 0 amide bonds. The summed E-state index contributed by atoms with van der Waals surface area (Å²) in [6.45, 7) is 5.67. The Labute approximate surface area is 127 Å². The highest BCUT2D eigenvalue weighted by molar-refractivity contribution is 5.41. The number of likely N-dealkylation sites (tertiary alicyclic amines) is 1. The zero-order chi connectivity index (χ0) is 14.9. The Morgan fingerprint density at radius 3 is 3.10 bits per heavy atom. The molecule has 1 fully saturated rings. The highest BCUT2D eigenvalue weighted by Gasteiger charge is 2.34. The van der Waals surface area contributed by atoms with E-state index >= 15 is 0 Å². The number of benzene rings is 1. The summed E-state index contributed by atoms with van der Waals surface area (Å²) in [6, 6.07) is 6.81. The van der Waals surface area contributed by atoms with E-state index in [0.717, 1.165) is 44.7 Å². The topological polar surface area (TPSA) is 47.7 Å². The Balaban J connectivity index is 1.81. The van der Waals surface area contributed by atoms with Crippen LogP contribution in [0.25, 0.3) is 0 Å². The van der Waals surface area contributed by atoms with Gasteiger partial charge < -0.3 is 15.2 Å². The average molecular weight is 290 g/mol. The second-order valence-corrected chi connectivity index (χ2v) is 6.45. The molecule has 0 aromatic heterocycles. The highest BCUT2D eigenvalue weighted by atomic mass is 16.5. The minimum Gasteiger partial charge on any atom is -0.493 e. The summed E-state index contributed by atoms with van der Waals surface area (Å²) < 4.78 is 11.3. The summed E-state index contributed by atoms with van der Waals surface area (Å²) in [5.41, 5.74) is 8.67. The predicted molar refractivity (Wildman–Crippen MR) is 83.7 cm³/mol. The van der Waals surface area contributed by atoms with Crippen LogP contribution in [0.1, 0.15) is 36.9 Å². The molecule has 21 heavy (non-hydrogen) atoms. The number of nitrogens with zero attached hydrogens (tertiary/aromatic N) is 1. The SMILES string of the molecule is COC1(C)CCCN(C(CN)c2ccc3c(c2)CCO3)C1. The minimum atomic E-state index is -0.0501. The Bertz CT molecular complexity index is 506. The van der Waals surface area contributed by atoms with Crippen molar-refractivity contribution in [3.63, 3.8) is 0 Å².